The number of nitrogens with one attached hydrogen (secondary N) is 1. The number of nitrogens with zero attached hydrogens (tertiary/aromatic N) is 1. The maximum absolute atomic E-state index is 12.1. The molecule has 1 aromatic carbocycles. The fourth-order valence-electron chi connectivity index (χ4n) is 2.34. The van der Waals surface area contributed by atoms with Gasteiger partial charge in [-0.1, -0.05) is 6.08 Å². The smallest absolute Gasteiger partial charge is 0.406 e. The number of halogens is 3. The largest absolute Gasteiger partial charge is 0.573 e. The van der Waals surface area contributed by atoms with Crippen molar-refractivity contribution in [3.05, 3.63) is 60.0 Å². The molecule has 0 saturated heterocycles. The molecular weight excluding hydrogens is 281 g/mol. The summed E-state index contributed by atoms with van der Waals surface area (Å²) in [5, 5.41) is 3.33. The molecule has 3 rings (SSSR count). The van der Waals surface area contributed by atoms with E-state index < -0.39 is 6.36 Å². The Morgan fingerprint density at radius 3 is 2.52 bits per heavy atom. The topological polar surface area (TPSA) is 24.5 Å². The quantitative estimate of drug-likeness (QED) is 0.902. The van der Waals surface area contributed by atoms with Crippen LogP contribution in [-0.4, -0.2) is 17.4 Å². The molecule has 2 aliphatic rings. The van der Waals surface area contributed by atoms with Crippen LogP contribution in [0.2, 0.25) is 0 Å². The summed E-state index contributed by atoms with van der Waals surface area (Å²) in [5.41, 5.74) is 2.83. The van der Waals surface area contributed by atoms with E-state index in [0.29, 0.717) is 0 Å². The Kier molecular flexibility index (Phi) is 3.16. The molecule has 2 heterocycles. The van der Waals surface area contributed by atoms with Gasteiger partial charge < -0.3 is 15.0 Å². The molecule has 1 N–H and O–H groups in total. The monoisotopic (exact) mass is 294 g/mol. The summed E-state index contributed by atoms with van der Waals surface area (Å²) < 4.78 is 40.2. The third-order valence-corrected chi connectivity index (χ3v) is 3.32. The van der Waals surface area contributed by atoms with Gasteiger partial charge in [-0.2, -0.15) is 0 Å². The molecule has 1 unspecified atom stereocenters. The molecule has 0 saturated carbocycles. The Bertz CT molecular complexity index is 629. The first-order valence-corrected chi connectivity index (χ1v) is 6.39. The van der Waals surface area contributed by atoms with Gasteiger partial charge in [0, 0.05) is 12.4 Å². The van der Waals surface area contributed by atoms with Gasteiger partial charge >= 0.3 is 6.36 Å². The van der Waals surface area contributed by atoms with E-state index in [0.717, 1.165) is 11.3 Å². The molecule has 0 aliphatic carbocycles. The van der Waals surface area contributed by atoms with Crippen LogP contribution < -0.4 is 10.1 Å². The van der Waals surface area contributed by atoms with Crippen LogP contribution in [0.25, 0.3) is 5.70 Å². The van der Waals surface area contributed by atoms with Crippen molar-refractivity contribution in [1.82, 2.24) is 10.2 Å². The molecule has 3 nitrogen and oxygen atoms in total. The lowest BCUT2D eigenvalue weighted by atomic mass is 10.1. The Hall–Kier alpha value is -2.37. The van der Waals surface area contributed by atoms with E-state index in [4.69, 9.17) is 0 Å². The zero-order valence-electron chi connectivity index (χ0n) is 11.2. The van der Waals surface area contributed by atoms with Gasteiger partial charge in [-0.25, -0.2) is 0 Å². The highest BCUT2D eigenvalue weighted by Gasteiger charge is 2.31. The Morgan fingerprint density at radius 2 is 1.90 bits per heavy atom. The van der Waals surface area contributed by atoms with E-state index in [-0.39, 0.29) is 11.9 Å². The number of rotatable bonds is 2. The van der Waals surface area contributed by atoms with Gasteiger partial charge in [0.05, 0.1) is 5.70 Å². The Morgan fingerprint density at radius 1 is 1.19 bits per heavy atom. The second kappa shape index (κ2) is 4.87. The second-order valence-corrected chi connectivity index (χ2v) is 4.86. The third kappa shape index (κ3) is 2.89. The first-order chi connectivity index (χ1) is 9.92. The fraction of sp³-hybridized carbons (Fsp3) is 0.200. The standard InChI is InChI=1S/C15H13F3N2O/c1-10-3-2-8-20-9-13(19-14(10)20)11-4-6-12(7-5-11)21-15(16,17)18/h2-9,14,19H,1H3. The number of hydrogen-bond donors (Lipinski definition) is 1. The number of fused-ring (bicyclic) bond motifs is 1. The van der Waals surface area contributed by atoms with Crippen LogP contribution in [0.15, 0.2) is 54.4 Å². The van der Waals surface area contributed by atoms with Gasteiger partial charge in [-0.3, -0.25) is 0 Å². The average Bonchev–Trinajstić information content (AvgIpc) is 2.83. The van der Waals surface area contributed by atoms with Crippen LogP contribution in [0.5, 0.6) is 5.75 Å². The van der Waals surface area contributed by atoms with Crippen molar-refractivity contribution in [2.45, 2.75) is 19.5 Å². The molecule has 6 heteroatoms. The highest BCUT2D eigenvalue weighted by Crippen LogP contribution is 2.28. The van der Waals surface area contributed by atoms with E-state index in [2.05, 4.69) is 10.1 Å². The lowest BCUT2D eigenvalue weighted by molar-refractivity contribution is -0.274. The van der Waals surface area contributed by atoms with E-state index in [9.17, 15) is 13.2 Å². The second-order valence-electron chi connectivity index (χ2n) is 4.86. The molecule has 110 valence electrons. The van der Waals surface area contributed by atoms with Crippen LogP contribution in [-0.2, 0) is 0 Å². The van der Waals surface area contributed by atoms with Gasteiger partial charge in [0.15, 0.2) is 0 Å². The molecule has 0 bridgehead atoms. The summed E-state index contributed by atoms with van der Waals surface area (Å²) in [4.78, 5) is 2.02. The summed E-state index contributed by atoms with van der Waals surface area (Å²) in [6.07, 6.45) is 3.24. The summed E-state index contributed by atoms with van der Waals surface area (Å²) in [5.74, 6) is -0.224. The van der Waals surface area contributed by atoms with E-state index >= 15 is 0 Å². The predicted molar refractivity (Wildman–Crippen MR) is 72.8 cm³/mol. The van der Waals surface area contributed by atoms with Crippen LogP contribution in [0, 0.1) is 0 Å². The van der Waals surface area contributed by atoms with Crippen LogP contribution in [0.4, 0.5) is 13.2 Å². The van der Waals surface area contributed by atoms with Gasteiger partial charge in [-0.15, -0.1) is 13.2 Å². The fourth-order valence-corrected chi connectivity index (χ4v) is 2.34. The first-order valence-electron chi connectivity index (χ1n) is 6.39. The van der Waals surface area contributed by atoms with Crippen molar-refractivity contribution in [2.75, 3.05) is 0 Å². The molecule has 0 radical (unpaired) electrons. The minimum Gasteiger partial charge on any atom is -0.406 e. The van der Waals surface area contributed by atoms with E-state index in [1.54, 1.807) is 12.1 Å². The number of hydrogen-bond acceptors (Lipinski definition) is 3. The molecule has 0 aromatic heterocycles. The van der Waals surface area contributed by atoms with Crippen molar-refractivity contribution in [3.63, 3.8) is 0 Å². The van der Waals surface area contributed by atoms with Gasteiger partial charge in [-0.05, 0) is 48.4 Å². The normalized spacial score (nSPS) is 20.6. The average molecular weight is 294 g/mol. The van der Waals surface area contributed by atoms with Crippen molar-refractivity contribution in [3.8, 4) is 5.75 Å². The zero-order chi connectivity index (χ0) is 15.0. The van der Waals surface area contributed by atoms with Gasteiger partial charge in [0.2, 0.25) is 0 Å². The van der Waals surface area contributed by atoms with Gasteiger partial charge in [0.25, 0.3) is 0 Å². The maximum atomic E-state index is 12.1. The molecule has 2 aliphatic heterocycles. The summed E-state index contributed by atoms with van der Waals surface area (Å²) in [6.45, 7) is 2.02. The molecule has 1 aromatic rings. The molecule has 1 atom stereocenters. The number of ether oxygens (including phenoxy) is 1. The van der Waals surface area contributed by atoms with Crippen LogP contribution in [0.3, 0.4) is 0 Å². The lowest BCUT2D eigenvalue weighted by Gasteiger charge is -2.25. The predicted octanol–water partition coefficient (Wildman–Crippen LogP) is 3.59. The van der Waals surface area contributed by atoms with Crippen molar-refractivity contribution in [1.29, 1.82) is 0 Å². The highest BCUT2D eigenvalue weighted by molar-refractivity contribution is 5.67. The maximum Gasteiger partial charge on any atom is 0.573 e. The lowest BCUT2D eigenvalue weighted by Crippen LogP contribution is -2.35. The first kappa shape index (κ1) is 13.6. The summed E-state index contributed by atoms with van der Waals surface area (Å²) >= 11 is 0. The molecule has 0 fully saturated rings. The molecule has 0 amide bonds. The SMILES string of the molecule is CC1=CC=CN2C=C(c3ccc(OC(F)(F)F)cc3)NC12. The van der Waals surface area contributed by atoms with Gasteiger partial charge in [0.1, 0.15) is 11.9 Å². The number of alkyl halides is 3. The minimum atomic E-state index is -4.67. The van der Waals surface area contributed by atoms with Crippen molar-refractivity contribution < 1.29 is 17.9 Å². The Balaban J connectivity index is 1.77. The third-order valence-electron chi connectivity index (χ3n) is 3.32. The minimum absolute atomic E-state index is 0.0658. The van der Waals surface area contributed by atoms with E-state index in [1.807, 2.05) is 36.4 Å². The van der Waals surface area contributed by atoms with Crippen molar-refractivity contribution >= 4 is 5.70 Å². The Labute approximate surface area is 120 Å². The summed E-state index contributed by atoms with van der Waals surface area (Å²) in [7, 11) is 0. The van der Waals surface area contributed by atoms with Crippen molar-refractivity contribution in [2.24, 2.45) is 0 Å². The van der Waals surface area contributed by atoms with Crippen LogP contribution in [0.1, 0.15) is 12.5 Å². The zero-order valence-corrected chi connectivity index (χ0v) is 11.2. The number of allylic oxidation sites excluding steroid dienone is 2. The highest BCUT2D eigenvalue weighted by atomic mass is 19.4. The van der Waals surface area contributed by atoms with E-state index in [1.165, 1.54) is 17.7 Å². The van der Waals surface area contributed by atoms with Crippen LogP contribution >= 0.6 is 0 Å². The summed E-state index contributed by atoms with van der Waals surface area (Å²) in [6, 6.07) is 5.81. The molecule has 21 heavy (non-hydrogen) atoms. The number of benzene rings is 1. The molecular formula is C15H13F3N2O. The molecule has 0 spiro atoms.